The van der Waals surface area contributed by atoms with Crippen LogP contribution in [0.5, 0.6) is 0 Å². The summed E-state index contributed by atoms with van der Waals surface area (Å²) < 4.78 is 0. The number of amides is 3. The van der Waals surface area contributed by atoms with Gasteiger partial charge in [0.25, 0.3) is 0 Å². The Morgan fingerprint density at radius 1 is 1.12 bits per heavy atom. The number of nitrogens with zero attached hydrogens (tertiary/aromatic N) is 1. The third-order valence-corrected chi connectivity index (χ3v) is 6.55. The van der Waals surface area contributed by atoms with Gasteiger partial charge < -0.3 is 31.7 Å². The quantitative estimate of drug-likeness (QED) is 0.260. The van der Waals surface area contributed by atoms with Crippen LogP contribution in [0.3, 0.4) is 0 Å². The van der Waals surface area contributed by atoms with Gasteiger partial charge in [-0.1, -0.05) is 20.3 Å². The molecule has 10 nitrogen and oxygen atoms in total. The highest BCUT2D eigenvalue weighted by Gasteiger charge is 2.39. The van der Waals surface area contributed by atoms with Gasteiger partial charge in [0, 0.05) is 6.54 Å². The maximum absolute atomic E-state index is 13.4. The molecule has 0 aromatic rings. The van der Waals surface area contributed by atoms with E-state index >= 15 is 0 Å². The molecule has 0 aliphatic carbocycles. The molecule has 2 aliphatic heterocycles. The first kappa shape index (κ1) is 26.1. The minimum atomic E-state index is -1.08. The Kier molecular flexibility index (Phi) is 10.4. The first-order valence-electron chi connectivity index (χ1n) is 11.9. The summed E-state index contributed by atoms with van der Waals surface area (Å²) in [6.45, 7) is 5.32. The third kappa shape index (κ3) is 6.90. The molecule has 182 valence electrons. The van der Waals surface area contributed by atoms with Crippen LogP contribution in [0.4, 0.5) is 0 Å². The predicted molar refractivity (Wildman–Crippen MR) is 120 cm³/mol. The molecule has 5 atom stereocenters. The largest absolute Gasteiger partial charge is 0.480 e. The standard InChI is InChI=1S/C22H39N5O5/c1-3-14(2)18(22(31)32)26-20(29)17-10-7-13-27(17)21(30)16(8-4-5-11-23)25-19(28)15-9-6-12-24-15/h14-18,24H,3-13,23H2,1-2H3,(H,25,28)(H,26,29)(H,31,32). The molecule has 0 radical (unpaired) electrons. The van der Waals surface area contributed by atoms with Crippen molar-refractivity contribution in [1.82, 2.24) is 20.9 Å². The van der Waals surface area contributed by atoms with Gasteiger partial charge in [0.15, 0.2) is 0 Å². The minimum Gasteiger partial charge on any atom is -0.480 e. The first-order chi connectivity index (χ1) is 15.3. The monoisotopic (exact) mass is 453 g/mol. The van der Waals surface area contributed by atoms with Crippen molar-refractivity contribution in [3.63, 3.8) is 0 Å². The summed E-state index contributed by atoms with van der Waals surface area (Å²) in [5, 5.41) is 18.1. The molecular weight excluding hydrogens is 414 g/mol. The van der Waals surface area contributed by atoms with E-state index in [1.54, 1.807) is 6.92 Å². The molecule has 32 heavy (non-hydrogen) atoms. The zero-order chi connectivity index (χ0) is 23.7. The van der Waals surface area contributed by atoms with Gasteiger partial charge in [-0.25, -0.2) is 4.79 Å². The number of carboxylic acids is 1. The Hall–Kier alpha value is -2.20. The average Bonchev–Trinajstić information content (AvgIpc) is 3.47. The maximum Gasteiger partial charge on any atom is 0.326 e. The summed E-state index contributed by atoms with van der Waals surface area (Å²) in [6, 6.07) is -2.76. The van der Waals surface area contributed by atoms with E-state index in [2.05, 4.69) is 16.0 Å². The zero-order valence-corrected chi connectivity index (χ0v) is 19.3. The fraction of sp³-hybridized carbons (Fsp3) is 0.818. The highest BCUT2D eigenvalue weighted by Crippen LogP contribution is 2.21. The molecule has 0 spiro atoms. The van der Waals surface area contributed by atoms with Crippen LogP contribution in [-0.2, 0) is 19.2 Å². The number of hydrogen-bond acceptors (Lipinski definition) is 6. The van der Waals surface area contributed by atoms with Crippen molar-refractivity contribution >= 4 is 23.7 Å². The SMILES string of the molecule is CCC(C)C(NC(=O)C1CCCN1C(=O)C(CCCCN)NC(=O)C1CCCN1)C(=O)O. The molecule has 2 saturated heterocycles. The Morgan fingerprint density at radius 2 is 1.88 bits per heavy atom. The topological polar surface area (TPSA) is 154 Å². The average molecular weight is 454 g/mol. The predicted octanol–water partition coefficient (Wildman–Crippen LogP) is -0.0413. The van der Waals surface area contributed by atoms with Crippen molar-refractivity contribution < 1.29 is 24.3 Å². The van der Waals surface area contributed by atoms with Crippen molar-refractivity contribution in [3.8, 4) is 0 Å². The van der Waals surface area contributed by atoms with Crippen molar-refractivity contribution in [2.75, 3.05) is 19.6 Å². The molecular formula is C22H39N5O5. The Morgan fingerprint density at radius 3 is 2.47 bits per heavy atom. The molecule has 0 bridgehead atoms. The van der Waals surface area contributed by atoms with E-state index in [4.69, 9.17) is 5.73 Å². The van der Waals surface area contributed by atoms with Gasteiger partial charge in [-0.2, -0.15) is 0 Å². The van der Waals surface area contributed by atoms with Crippen molar-refractivity contribution in [1.29, 1.82) is 0 Å². The van der Waals surface area contributed by atoms with Crippen LogP contribution in [0.15, 0.2) is 0 Å². The van der Waals surface area contributed by atoms with E-state index in [1.807, 2.05) is 6.92 Å². The van der Waals surface area contributed by atoms with E-state index in [0.29, 0.717) is 45.2 Å². The molecule has 0 saturated carbocycles. The maximum atomic E-state index is 13.4. The fourth-order valence-corrected chi connectivity index (χ4v) is 4.37. The van der Waals surface area contributed by atoms with E-state index in [-0.39, 0.29) is 23.8 Å². The van der Waals surface area contributed by atoms with Crippen LogP contribution < -0.4 is 21.7 Å². The Labute approximate surface area is 190 Å². The molecule has 5 unspecified atom stereocenters. The number of rotatable bonds is 12. The minimum absolute atomic E-state index is 0.198. The van der Waals surface area contributed by atoms with Gasteiger partial charge >= 0.3 is 5.97 Å². The van der Waals surface area contributed by atoms with Crippen LogP contribution in [0.25, 0.3) is 0 Å². The van der Waals surface area contributed by atoms with Gasteiger partial charge in [0.1, 0.15) is 18.1 Å². The first-order valence-corrected chi connectivity index (χ1v) is 11.9. The summed E-state index contributed by atoms with van der Waals surface area (Å²) >= 11 is 0. The van der Waals surface area contributed by atoms with E-state index < -0.39 is 30.0 Å². The summed E-state index contributed by atoms with van der Waals surface area (Å²) in [4.78, 5) is 52.1. The number of nitrogens with two attached hydrogens (primary N) is 1. The molecule has 0 aromatic carbocycles. The lowest BCUT2D eigenvalue weighted by molar-refractivity contribution is -0.146. The number of carbonyl (C=O) groups is 4. The van der Waals surface area contributed by atoms with Crippen LogP contribution in [-0.4, -0.2) is 77.5 Å². The van der Waals surface area contributed by atoms with Gasteiger partial charge in [0.05, 0.1) is 6.04 Å². The molecule has 2 fully saturated rings. The Bertz CT molecular complexity index is 667. The summed E-state index contributed by atoms with van der Waals surface area (Å²) in [6.07, 6.45) is 5.25. The van der Waals surface area contributed by atoms with Crippen molar-refractivity contribution in [2.24, 2.45) is 11.7 Å². The summed E-state index contributed by atoms with van der Waals surface area (Å²) in [5.74, 6) is -2.25. The second-order valence-electron chi connectivity index (χ2n) is 8.89. The molecule has 2 aliphatic rings. The van der Waals surface area contributed by atoms with E-state index in [9.17, 15) is 24.3 Å². The highest BCUT2D eigenvalue weighted by molar-refractivity contribution is 5.94. The van der Waals surface area contributed by atoms with E-state index in [1.165, 1.54) is 4.90 Å². The van der Waals surface area contributed by atoms with Gasteiger partial charge in [-0.3, -0.25) is 14.4 Å². The van der Waals surface area contributed by atoms with Gasteiger partial charge in [-0.15, -0.1) is 0 Å². The van der Waals surface area contributed by atoms with Gasteiger partial charge in [0.2, 0.25) is 17.7 Å². The molecule has 6 N–H and O–H groups in total. The number of nitrogens with one attached hydrogen (secondary N) is 3. The molecule has 10 heteroatoms. The highest BCUT2D eigenvalue weighted by atomic mass is 16.4. The van der Waals surface area contributed by atoms with Crippen LogP contribution in [0, 0.1) is 5.92 Å². The zero-order valence-electron chi connectivity index (χ0n) is 19.3. The number of hydrogen-bond donors (Lipinski definition) is 5. The second kappa shape index (κ2) is 12.7. The fourth-order valence-electron chi connectivity index (χ4n) is 4.37. The number of likely N-dealkylation sites (tertiary alicyclic amines) is 1. The summed E-state index contributed by atoms with van der Waals surface area (Å²) in [5.41, 5.74) is 5.59. The number of unbranched alkanes of at least 4 members (excludes halogenated alkanes) is 1. The smallest absolute Gasteiger partial charge is 0.326 e. The summed E-state index contributed by atoms with van der Waals surface area (Å²) in [7, 11) is 0. The number of aliphatic carboxylic acids is 1. The lowest BCUT2D eigenvalue weighted by Gasteiger charge is -2.30. The van der Waals surface area contributed by atoms with E-state index in [0.717, 1.165) is 25.8 Å². The number of carbonyl (C=O) groups excluding carboxylic acids is 3. The Balaban J connectivity index is 2.09. The van der Waals surface area contributed by atoms with Crippen LogP contribution >= 0.6 is 0 Å². The van der Waals surface area contributed by atoms with Crippen LogP contribution in [0.1, 0.15) is 65.2 Å². The second-order valence-corrected chi connectivity index (χ2v) is 8.89. The molecule has 2 rings (SSSR count). The van der Waals surface area contributed by atoms with Crippen molar-refractivity contribution in [3.05, 3.63) is 0 Å². The third-order valence-electron chi connectivity index (χ3n) is 6.55. The molecule has 2 heterocycles. The van der Waals surface area contributed by atoms with Crippen LogP contribution in [0.2, 0.25) is 0 Å². The molecule has 3 amide bonds. The lowest BCUT2D eigenvalue weighted by atomic mass is 9.98. The van der Waals surface area contributed by atoms with Gasteiger partial charge in [-0.05, 0) is 64.0 Å². The lowest BCUT2D eigenvalue weighted by Crippen LogP contribution is -2.57. The molecule has 0 aromatic heterocycles. The number of carboxylic acid groups (broad SMARTS) is 1. The normalized spacial score (nSPS) is 23.4. The van der Waals surface area contributed by atoms with Crippen molar-refractivity contribution in [2.45, 2.75) is 89.4 Å².